The molecule has 36 valence electrons. The van der Waals surface area contributed by atoms with Gasteiger partial charge in [0.05, 0.1) is 0 Å². The Morgan fingerprint density at radius 3 is 2.86 bits per heavy atom. The molecule has 0 N–H and O–H groups in total. The molecule has 0 aliphatic carbocycles. The maximum absolute atomic E-state index is 4.52. The van der Waals surface area contributed by atoms with Crippen LogP contribution in [0.1, 0.15) is 0 Å². The maximum atomic E-state index is 4.52. The topological polar surface area (TPSA) is 38.9 Å². The van der Waals surface area contributed by atoms with Gasteiger partial charge in [0, 0.05) is 0 Å². The third kappa shape index (κ3) is 1.04. The van der Waals surface area contributed by atoms with Gasteiger partial charge in [-0.2, -0.15) is 4.98 Å². The Labute approximate surface area is 45.0 Å². The summed E-state index contributed by atoms with van der Waals surface area (Å²) in [5, 5.41) is 0. The molecule has 0 amide bonds. The van der Waals surface area contributed by atoms with Gasteiger partial charge in [-0.15, -0.1) is 0 Å². The fourth-order valence-corrected chi connectivity index (χ4v) is 0.304. The minimum atomic E-state index is 0.218. The first-order valence-corrected chi connectivity index (χ1v) is 2.05. The lowest BCUT2D eigenvalue weighted by molar-refractivity contribution is 0.486. The maximum Gasteiger partial charge on any atom is 0.291 e. The molecule has 0 unspecified atom stereocenters. The fraction of sp³-hybridized carbons (Fsp3) is 0. The van der Waals surface area contributed by atoms with Gasteiger partial charge in [0.2, 0.25) is 0 Å². The highest BCUT2D eigenvalue weighted by atomic mass is 32.1. The van der Waals surface area contributed by atoms with Crippen molar-refractivity contribution in [2.45, 2.75) is 0 Å². The van der Waals surface area contributed by atoms with E-state index in [1.165, 1.54) is 12.7 Å². The van der Waals surface area contributed by atoms with Crippen molar-refractivity contribution >= 4 is 12.2 Å². The van der Waals surface area contributed by atoms with Crippen molar-refractivity contribution < 1.29 is 4.42 Å². The van der Waals surface area contributed by atoms with Crippen LogP contribution in [0.25, 0.3) is 0 Å². The molecule has 0 aromatic carbocycles. The van der Waals surface area contributed by atoms with E-state index < -0.39 is 0 Å². The van der Waals surface area contributed by atoms with E-state index in [4.69, 9.17) is 0 Å². The highest BCUT2D eigenvalue weighted by Crippen LogP contribution is 1.76. The second kappa shape index (κ2) is 1.79. The predicted molar refractivity (Wildman–Crippen MR) is 25.1 cm³/mol. The van der Waals surface area contributed by atoms with E-state index in [0.717, 1.165) is 0 Å². The zero-order valence-corrected chi connectivity index (χ0v) is 4.18. The van der Waals surface area contributed by atoms with Crippen molar-refractivity contribution in [3.8, 4) is 0 Å². The average Bonchev–Trinajstić information content (AvgIpc) is 1.69. The Morgan fingerprint density at radius 1 is 1.71 bits per heavy atom. The summed E-state index contributed by atoms with van der Waals surface area (Å²) >= 11 is 4.49. The standard InChI is InChI=1S/C3H2N2OS/c7-3-5-1-4-2-6-3/h1-2H. The molecule has 3 nitrogen and oxygen atoms in total. The largest absolute Gasteiger partial charge is 0.418 e. The summed E-state index contributed by atoms with van der Waals surface area (Å²) in [5.41, 5.74) is 0. The lowest BCUT2D eigenvalue weighted by atomic mass is 11.2. The van der Waals surface area contributed by atoms with Crippen LogP contribution in [0.3, 0.4) is 0 Å². The molecule has 4 heteroatoms. The van der Waals surface area contributed by atoms with Gasteiger partial charge in [-0.3, -0.25) is 0 Å². The van der Waals surface area contributed by atoms with Crippen molar-refractivity contribution in [1.29, 1.82) is 0 Å². The zero-order valence-electron chi connectivity index (χ0n) is 3.37. The molecule has 0 bridgehead atoms. The lowest BCUT2D eigenvalue weighted by Crippen LogP contribution is -1.71. The van der Waals surface area contributed by atoms with E-state index >= 15 is 0 Å². The minimum Gasteiger partial charge on any atom is -0.418 e. The third-order valence-electron chi connectivity index (χ3n) is 0.444. The predicted octanol–water partition coefficient (Wildman–Crippen LogP) is 0.799. The van der Waals surface area contributed by atoms with Gasteiger partial charge in [0.25, 0.3) is 4.84 Å². The number of aromatic nitrogens is 2. The van der Waals surface area contributed by atoms with Crippen molar-refractivity contribution in [2.75, 3.05) is 0 Å². The highest BCUT2D eigenvalue weighted by Gasteiger charge is 1.70. The van der Waals surface area contributed by atoms with Crippen LogP contribution in [0.4, 0.5) is 0 Å². The van der Waals surface area contributed by atoms with E-state index in [9.17, 15) is 0 Å². The molecule has 7 heavy (non-hydrogen) atoms. The van der Waals surface area contributed by atoms with Crippen LogP contribution >= 0.6 is 12.2 Å². The molecule has 0 saturated carbocycles. The normalized spacial score (nSPS) is 8.57. The zero-order chi connectivity index (χ0) is 5.11. The van der Waals surface area contributed by atoms with Gasteiger partial charge in [-0.05, 0) is 12.2 Å². The molecule has 0 spiro atoms. The van der Waals surface area contributed by atoms with Crippen molar-refractivity contribution in [3.63, 3.8) is 0 Å². The van der Waals surface area contributed by atoms with Crippen LogP contribution in [0.2, 0.25) is 0 Å². The second-order valence-corrected chi connectivity index (χ2v) is 1.23. The molecule has 1 aromatic rings. The van der Waals surface area contributed by atoms with Crippen LogP contribution in [0.5, 0.6) is 0 Å². The lowest BCUT2D eigenvalue weighted by Gasteiger charge is -1.74. The van der Waals surface area contributed by atoms with Crippen LogP contribution in [-0.4, -0.2) is 9.97 Å². The number of hydrogen-bond donors (Lipinski definition) is 0. The van der Waals surface area contributed by atoms with Gasteiger partial charge in [0.1, 0.15) is 6.33 Å². The van der Waals surface area contributed by atoms with E-state index in [1.807, 2.05) is 0 Å². The first-order valence-electron chi connectivity index (χ1n) is 1.64. The van der Waals surface area contributed by atoms with Gasteiger partial charge in [-0.25, -0.2) is 4.98 Å². The minimum absolute atomic E-state index is 0.218. The molecular weight excluding hydrogens is 112 g/mol. The summed E-state index contributed by atoms with van der Waals surface area (Å²) in [6.45, 7) is 0. The Morgan fingerprint density at radius 2 is 2.57 bits per heavy atom. The van der Waals surface area contributed by atoms with Gasteiger partial charge >= 0.3 is 0 Å². The number of hydrogen-bond acceptors (Lipinski definition) is 4. The second-order valence-electron chi connectivity index (χ2n) is 0.883. The van der Waals surface area contributed by atoms with Crippen molar-refractivity contribution in [1.82, 2.24) is 9.97 Å². The third-order valence-corrected chi connectivity index (χ3v) is 0.646. The summed E-state index contributed by atoms with van der Waals surface area (Å²) in [7, 11) is 0. The van der Waals surface area contributed by atoms with E-state index in [1.54, 1.807) is 0 Å². The SMILES string of the molecule is S=c1ncnco1. The fourth-order valence-electron chi connectivity index (χ4n) is 0.214. The summed E-state index contributed by atoms with van der Waals surface area (Å²) in [4.78, 5) is 7.23. The molecule has 1 rings (SSSR count). The Bertz CT molecular complexity index is 179. The molecule has 0 atom stereocenters. The van der Waals surface area contributed by atoms with Crippen LogP contribution in [0, 0.1) is 4.84 Å². The summed E-state index contributed by atoms with van der Waals surface area (Å²) in [6.07, 6.45) is 2.58. The quantitative estimate of drug-likeness (QED) is 0.467. The highest BCUT2D eigenvalue weighted by molar-refractivity contribution is 7.71. The van der Waals surface area contributed by atoms with E-state index in [2.05, 4.69) is 26.6 Å². The van der Waals surface area contributed by atoms with Crippen molar-refractivity contribution in [3.05, 3.63) is 17.6 Å². The smallest absolute Gasteiger partial charge is 0.291 e. The van der Waals surface area contributed by atoms with Crippen LogP contribution in [0.15, 0.2) is 17.1 Å². The van der Waals surface area contributed by atoms with E-state index in [-0.39, 0.29) is 4.84 Å². The first kappa shape index (κ1) is 4.39. The molecule has 0 aliphatic heterocycles. The molecule has 1 heterocycles. The number of rotatable bonds is 0. The molecule has 0 fully saturated rings. The Balaban J connectivity index is 3.28. The van der Waals surface area contributed by atoms with Crippen molar-refractivity contribution in [2.24, 2.45) is 0 Å². The Hall–Kier alpha value is -0.770. The first-order chi connectivity index (χ1) is 3.39. The van der Waals surface area contributed by atoms with Crippen LogP contribution in [-0.2, 0) is 0 Å². The molecule has 0 aliphatic rings. The summed E-state index contributed by atoms with van der Waals surface area (Å²) < 4.78 is 4.52. The van der Waals surface area contributed by atoms with Gasteiger partial charge < -0.3 is 4.42 Å². The van der Waals surface area contributed by atoms with Crippen LogP contribution < -0.4 is 0 Å². The molecule has 0 saturated heterocycles. The average molecular weight is 114 g/mol. The van der Waals surface area contributed by atoms with Gasteiger partial charge in [-0.1, -0.05) is 0 Å². The molecular formula is C3H2N2OS. The van der Waals surface area contributed by atoms with Gasteiger partial charge in [0.15, 0.2) is 6.39 Å². The number of nitrogens with zero attached hydrogens (tertiary/aromatic N) is 2. The molecule has 0 radical (unpaired) electrons. The monoisotopic (exact) mass is 114 g/mol. The summed E-state index contributed by atoms with van der Waals surface area (Å²) in [5.74, 6) is 0. The Kier molecular flexibility index (Phi) is 1.12. The molecule has 1 aromatic heterocycles. The summed E-state index contributed by atoms with van der Waals surface area (Å²) in [6, 6.07) is 0. The van der Waals surface area contributed by atoms with E-state index in [0.29, 0.717) is 0 Å².